The number of nitrogens with zero attached hydrogens (tertiary/aromatic N) is 2. The Labute approximate surface area is 121 Å². The fourth-order valence-electron chi connectivity index (χ4n) is 1.93. The summed E-state index contributed by atoms with van der Waals surface area (Å²) in [5.74, 6) is 0.239. The largest absolute Gasteiger partial charge is 0.362 e. The van der Waals surface area contributed by atoms with Gasteiger partial charge in [0.05, 0.1) is 9.95 Å². The molecule has 20 heavy (non-hydrogen) atoms. The van der Waals surface area contributed by atoms with Crippen molar-refractivity contribution >= 4 is 23.1 Å². The third kappa shape index (κ3) is 3.68. The van der Waals surface area contributed by atoms with Crippen molar-refractivity contribution < 1.29 is 4.92 Å². The number of rotatable bonds is 5. The Morgan fingerprint density at radius 2 is 2.10 bits per heavy atom. The molecule has 1 unspecified atom stereocenters. The van der Waals surface area contributed by atoms with E-state index in [2.05, 4.69) is 10.3 Å². The van der Waals surface area contributed by atoms with Gasteiger partial charge < -0.3 is 5.32 Å². The number of anilines is 1. The predicted octanol–water partition coefficient (Wildman–Crippen LogP) is 3.69. The van der Waals surface area contributed by atoms with E-state index in [1.54, 1.807) is 0 Å². The van der Waals surface area contributed by atoms with Gasteiger partial charge in [0.15, 0.2) is 0 Å². The van der Waals surface area contributed by atoms with Crippen LogP contribution >= 0.6 is 11.6 Å². The lowest BCUT2D eigenvalue weighted by Crippen LogP contribution is -2.19. The molecular formula is C14H14ClN3O2. The number of nitrogens with one attached hydrogen (secondary N) is 1. The molecule has 0 aliphatic rings. The molecule has 0 saturated heterocycles. The Morgan fingerprint density at radius 3 is 2.75 bits per heavy atom. The highest BCUT2D eigenvalue weighted by Gasteiger charge is 2.17. The van der Waals surface area contributed by atoms with Crippen molar-refractivity contribution in [2.45, 2.75) is 19.4 Å². The van der Waals surface area contributed by atoms with Crippen molar-refractivity contribution in [3.63, 3.8) is 0 Å². The van der Waals surface area contributed by atoms with Crippen molar-refractivity contribution in [3.8, 4) is 0 Å². The van der Waals surface area contributed by atoms with E-state index in [1.807, 2.05) is 37.3 Å². The van der Waals surface area contributed by atoms with E-state index < -0.39 is 4.92 Å². The van der Waals surface area contributed by atoms with Gasteiger partial charge >= 0.3 is 5.69 Å². The second-order valence-corrected chi connectivity index (χ2v) is 4.95. The van der Waals surface area contributed by atoms with Crippen LogP contribution in [0.5, 0.6) is 0 Å². The maximum atomic E-state index is 11.0. The van der Waals surface area contributed by atoms with E-state index in [9.17, 15) is 10.1 Å². The average molecular weight is 292 g/mol. The first-order chi connectivity index (χ1) is 9.56. The van der Waals surface area contributed by atoms with E-state index in [0.717, 1.165) is 12.0 Å². The van der Waals surface area contributed by atoms with E-state index in [4.69, 9.17) is 11.6 Å². The van der Waals surface area contributed by atoms with Crippen LogP contribution in [-0.4, -0.2) is 15.9 Å². The van der Waals surface area contributed by atoms with Crippen LogP contribution in [0.1, 0.15) is 12.5 Å². The van der Waals surface area contributed by atoms with Gasteiger partial charge in [0.2, 0.25) is 5.82 Å². The summed E-state index contributed by atoms with van der Waals surface area (Å²) in [5.41, 5.74) is 1.04. The molecule has 1 N–H and O–H groups in total. The van der Waals surface area contributed by atoms with E-state index in [0.29, 0.717) is 0 Å². The van der Waals surface area contributed by atoms with E-state index >= 15 is 0 Å². The Balaban J connectivity index is 2.11. The molecule has 6 heteroatoms. The van der Waals surface area contributed by atoms with E-state index in [-0.39, 0.29) is 22.6 Å². The summed E-state index contributed by atoms with van der Waals surface area (Å²) in [7, 11) is 0. The van der Waals surface area contributed by atoms with Crippen LogP contribution < -0.4 is 5.32 Å². The molecule has 1 aromatic heterocycles. The quantitative estimate of drug-likeness (QED) is 0.674. The van der Waals surface area contributed by atoms with Crippen LogP contribution in [0.3, 0.4) is 0 Å². The highest BCUT2D eigenvalue weighted by atomic mass is 35.5. The van der Waals surface area contributed by atoms with Gasteiger partial charge in [0.1, 0.15) is 0 Å². The van der Waals surface area contributed by atoms with Crippen LogP contribution in [0, 0.1) is 10.1 Å². The first-order valence-corrected chi connectivity index (χ1v) is 6.54. The first-order valence-electron chi connectivity index (χ1n) is 6.16. The number of hydrogen-bond acceptors (Lipinski definition) is 4. The zero-order valence-corrected chi connectivity index (χ0v) is 11.7. The Hall–Kier alpha value is -2.14. The van der Waals surface area contributed by atoms with Gasteiger partial charge in [0, 0.05) is 18.3 Å². The summed E-state index contributed by atoms with van der Waals surface area (Å²) in [6.45, 7) is 1.95. The fourth-order valence-corrected chi connectivity index (χ4v) is 2.08. The fraction of sp³-hybridized carbons (Fsp3) is 0.214. The molecule has 0 spiro atoms. The number of nitro groups is 1. The molecule has 1 heterocycles. The second kappa shape index (κ2) is 6.34. The van der Waals surface area contributed by atoms with Crippen molar-refractivity contribution in [2.75, 3.05) is 5.32 Å². The van der Waals surface area contributed by atoms with Gasteiger partial charge in [0.25, 0.3) is 0 Å². The van der Waals surface area contributed by atoms with Gasteiger partial charge in [-0.15, -0.1) is 0 Å². The SMILES string of the molecule is CC(Cc1ccccc1)Nc1ncc(Cl)cc1[N+](=O)[O-]. The lowest BCUT2D eigenvalue weighted by Gasteiger charge is -2.14. The van der Waals surface area contributed by atoms with Crippen molar-refractivity contribution in [1.29, 1.82) is 0 Å². The van der Waals surface area contributed by atoms with Crippen LogP contribution in [0.2, 0.25) is 5.02 Å². The van der Waals surface area contributed by atoms with E-state index in [1.165, 1.54) is 12.3 Å². The van der Waals surface area contributed by atoms with Crippen LogP contribution in [0.25, 0.3) is 0 Å². The minimum absolute atomic E-state index is 0.0183. The molecule has 2 rings (SSSR count). The minimum atomic E-state index is -0.490. The highest BCUT2D eigenvalue weighted by Crippen LogP contribution is 2.25. The van der Waals surface area contributed by atoms with Crippen LogP contribution in [0.4, 0.5) is 11.5 Å². The molecular weight excluding hydrogens is 278 g/mol. The Kier molecular flexibility index (Phi) is 4.53. The minimum Gasteiger partial charge on any atom is -0.362 e. The Bertz CT molecular complexity index is 605. The summed E-state index contributed by atoms with van der Waals surface area (Å²) in [6.07, 6.45) is 2.15. The zero-order valence-electron chi connectivity index (χ0n) is 10.9. The summed E-state index contributed by atoms with van der Waals surface area (Å²) in [5, 5.41) is 14.3. The first kappa shape index (κ1) is 14.3. The summed E-state index contributed by atoms with van der Waals surface area (Å²) in [6, 6.07) is 11.2. The average Bonchev–Trinajstić information content (AvgIpc) is 2.41. The molecule has 0 radical (unpaired) electrons. The lowest BCUT2D eigenvalue weighted by atomic mass is 10.1. The van der Waals surface area contributed by atoms with Gasteiger partial charge in [-0.1, -0.05) is 41.9 Å². The number of aromatic nitrogens is 1. The number of halogens is 1. The number of hydrogen-bond donors (Lipinski definition) is 1. The monoisotopic (exact) mass is 291 g/mol. The molecule has 2 aromatic rings. The van der Waals surface area contributed by atoms with Crippen molar-refractivity contribution in [2.24, 2.45) is 0 Å². The molecule has 0 aliphatic heterocycles. The summed E-state index contributed by atoms with van der Waals surface area (Å²) < 4.78 is 0. The summed E-state index contributed by atoms with van der Waals surface area (Å²) >= 11 is 5.73. The van der Waals surface area contributed by atoms with Crippen molar-refractivity contribution in [3.05, 3.63) is 63.3 Å². The molecule has 0 aliphatic carbocycles. The maximum Gasteiger partial charge on any atom is 0.312 e. The Morgan fingerprint density at radius 1 is 1.40 bits per heavy atom. The molecule has 0 amide bonds. The number of pyridine rings is 1. The molecule has 5 nitrogen and oxygen atoms in total. The molecule has 0 bridgehead atoms. The normalized spacial score (nSPS) is 11.9. The van der Waals surface area contributed by atoms with Crippen molar-refractivity contribution in [1.82, 2.24) is 4.98 Å². The van der Waals surface area contributed by atoms with Crippen LogP contribution in [0.15, 0.2) is 42.6 Å². The predicted molar refractivity (Wildman–Crippen MR) is 79.1 cm³/mol. The molecule has 1 atom stereocenters. The third-order valence-corrected chi connectivity index (χ3v) is 3.01. The standard InChI is InChI=1S/C14H14ClN3O2/c1-10(7-11-5-3-2-4-6-11)17-14-13(18(19)20)8-12(15)9-16-14/h2-6,8-10H,7H2,1H3,(H,16,17). The zero-order chi connectivity index (χ0) is 14.5. The van der Waals surface area contributed by atoms with Gasteiger partial charge in [-0.3, -0.25) is 10.1 Å². The van der Waals surface area contributed by atoms with Crippen LogP contribution in [-0.2, 0) is 6.42 Å². The second-order valence-electron chi connectivity index (χ2n) is 4.51. The smallest absolute Gasteiger partial charge is 0.312 e. The molecule has 0 saturated carbocycles. The number of benzene rings is 1. The molecule has 0 fully saturated rings. The van der Waals surface area contributed by atoms with Gasteiger partial charge in [-0.2, -0.15) is 0 Å². The summed E-state index contributed by atoms with van der Waals surface area (Å²) in [4.78, 5) is 14.5. The maximum absolute atomic E-state index is 11.0. The molecule has 1 aromatic carbocycles. The topological polar surface area (TPSA) is 68.1 Å². The molecule has 104 valence electrons. The lowest BCUT2D eigenvalue weighted by molar-refractivity contribution is -0.384. The highest BCUT2D eigenvalue weighted by molar-refractivity contribution is 6.30. The third-order valence-electron chi connectivity index (χ3n) is 2.80. The van der Waals surface area contributed by atoms with Gasteiger partial charge in [-0.05, 0) is 18.9 Å². The van der Waals surface area contributed by atoms with Gasteiger partial charge in [-0.25, -0.2) is 4.98 Å².